The van der Waals surface area contributed by atoms with Crippen molar-refractivity contribution >= 4 is 33.8 Å². The number of para-hydroxylation sites is 1. The van der Waals surface area contributed by atoms with Crippen LogP contribution < -0.4 is 10.6 Å². The van der Waals surface area contributed by atoms with Gasteiger partial charge < -0.3 is 15.2 Å². The van der Waals surface area contributed by atoms with E-state index < -0.39 is 11.2 Å². The number of rotatable bonds is 1. The Balaban J connectivity index is 1.76. The van der Waals surface area contributed by atoms with Crippen molar-refractivity contribution in [2.75, 3.05) is 22.9 Å². The summed E-state index contributed by atoms with van der Waals surface area (Å²) in [6.07, 6.45) is 0. The fraction of sp³-hybridized carbons (Fsp3) is 0.176. The summed E-state index contributed by atoms with van der Waals surface area (Å²) in [5.74, 6) is 1.63. The molecule has 1 aliphatic heterocycles. The minimum Gasteiger partial charge on any atom is -0.611 e. The lowest BCUT2D eigenvalue weighted by Gasteiger charge is -2.20. The Kier molecular flexibility index (Phi) is 3.55. The molecule has 0 radical (unpaired) electrons. The summed E-state index contributed by atoms with van der Waals surface area (Å²) in [6, 6.07) is 15.5. The van der Waals surface area contributed by atoms with Crippen LogP contribution in [0, 0.1) is 0 Å². The van der Waals surface area contributed by atoms with Crippen molar-refractivity contribution in [3.8, 4) is 0 Å². The molecular formula is C17H16N4OS. The van der Waals surface area contributed by atoms with Crippen molar-refractivity contribution in [3.63, 3.8) is 0 Å². The number of hydrogen-bond acceptors (Lipinski definition) is 5. The zero-order chi connectivity index (χ0) is 15.8. The lowest BCUT2D eigenvalue weighted by Crippen LogP contribution is -2.27. The summed E-state index contributed by atoms with van der Waals surface area (Å²) in [4.78, 5) is 12.0. The van der Waals surface area contributed by atoms with Crippen molar-refractivity contribution in [1.29, 1.82) is 0 Å². The van der Waals surface area contributed by atoms with Gasteiger partial charge in [0.1, 0.15) is 11.6 Å². The van der Waals surface area contributed by atoms with E-state index in [2.05, 4.69) is 9.97 Å². The van der Waals surface area contributed by atoms with Gasteiger partial charge in [-0.3, -0.25) is 0 Å². The molecule has 0 saturated carbocycles. The lowest BCUT2D eigenvalue weighted by atomic mass is 10.2. The normalized spacial score (nSPS) is 17.8. The molecule has 116 valence electrons. The third-order valence-electron chi connectivity index (χ3n) is 4.03. The highest BCUT2D eigenvalue weighted by atomic mass is 32.2. The first kappa shape index (κ1) is 14.3. The van der Waals surface area contributed by atoms with Crippen LogP contribution in [0.2, 0.25) is 0 Å². The summed E-state index contributed by atoms with van der Waals surface area (Å²) in [5.41, 5.74) is 7.97. The Morgan fingerprint density at radius 3 is 2.74 bits per heavy atom. The molecule has 0 spiro atoms. The Hall–Kier alpha value is -2.31. The molecular weight excluding hydrogens is 308 g/mol. The molecule has 23 heavy (non-hydrogen) atoms. The summed E-state index contributed by atoms with van der Waals surface area (Å²) < 4.78 is 12.4. The minimum atomic E-state index is -0.988. The molecule has 5 nitrogen and oxygen atoms in total. The Labute approximate surface area is 137 Å². The number of hydrogen-bond donors (Lipinski definition) is 1. The molecule has 0 amide bonds. The van der Waals surface area contributed by atoms with Crippen molar-refractivity contribution in [3.05, 3.63) is 54.1 Å². The van der Waals surface area contributed by atoms with E-state index in [0.29, 0.717) is 30.6 Å². The van der Waals surface area contributed by atoms with Crippen LogP contribution in [0.15, 0.2) is 53.4 Å². The number of anilines is 2. The first-order valence-electron chi connectivity index (χ1n) is 7.46. The van der Waals surface area contributed by atoms with E-state index in [4.69, 9.17) is 5.73 Å². The SMILES string of the molecule is Nc1nc(N2CC[S+]([O-])c3ccccc3C2)nc2ccccc12. The van der Waals surface area contributed by atoms with E-state index in [1.54, 1.807) is 0 Å². The van der Waals surface area contributed by atoms with Crippen molar-refractivity contribution < 1.29 is 4.55 Å². The van der Waals surface area contributed by atoms with Crippen molar-refractivity contribution in [2.24, 2.45) is 0 Å². The highest BCUT2D eigenvalue weighted by Crippen LogP contribution is 2.26. The van der Waals surface area contributed by atoms with Gasteiger partial charge in [-0.15, -0.1) is 0 Å². The topological polar surface area (TPSA) is 78.1 Å². The second-order valence-electron chi connectivity index (χ2n) is 5.50. The maximum atomic E-state index is 12.4. The van der Waals surface area contributed by atoms with E-state index in [0.717, 1.165) is 21.4 Å². The van der Waals surface area contributed by atoms with Crippen LogP contribution in [0.25, 0.3) is 10.9 Å². The van der Waals surface area contributed by atoms with Gasteiger partial charge in [-0.25, -0.2) is 4.98 Å². The summed E-state index contributed by atoms with van der Waals surface area (Å²) in [6.45, 7) is 1.28. The third-order valence-corrected chi connectivity index (χ3v) is 5.47. The maximum Gasteiger partial charge on any atom is 0.228 e. The van der Waals surface area contributed by atoms with Crippen LogP contribution in [0.4, 0.5) is 11.8 Å². The van der Waals surface area contributed by atoms with Gasteiger partial charge in [-0.05, 0) is 29.4 Å². The number of fused-ring (bicyclic) bond motifs is 2. The molecule has 1 aromatic heterocycles. The van der Waals surface area contributed by atoms with Crippen LogP contribution in [0.5, 0.6) is 0 Å². The van der Waals surface area contributed by atoms with E-state index >= 15 is 0 Å². The molecule has 2 N–H and O–H groups in total. The van der Waals surface area contributed by atoms with Crippen molar-refractivity contribution in [2.45, 2.75) is 11.4 Å². The molecule has 3 aromatic rings. The predicted molar refractivity (Wildman–Crippen MR) is 92.7 cm³/mol. The van der Waals surface area contributed by atoms with Crippen LogP contribution in [-0.4, -0.2) is 26.8 Å². The summed E-state index contributed by atoms with van der Waals surface area (Å²) in [7, 11) is 0. The van der Waals surface area contributed by atoms with Gasteiger partial charge in [0.05, 0.1) is 18.6 Å². The van der Waals surface area contributed by atoms with E-state index in [9.17, 15) is 4.55 Å². The second-order valence-corrected chi connectivity index (χ2v) is 7.04. The minimum absolute atomic E-state index is 0.476. The first-order chi connectivity index (χ1) is 11.2. The molecule has 2 heterocycles. The number of nitrogen functional groups attached to an aromatic ring is 1. The molecule has 0 saturated heterocycles. The van der Waals surface area contributed by atoms with Gasteiger partial charge in [-0.1, -0.05) is 30.3 Å². The van der Waals surface area contributed by atoms with Crippen LogP contribution in [0.3, 0.4) is 0 Å². The van der Waals surface area contributed by atoms with Gasteiger partial charge in [0, 0.05) is 10.9 Å². The molecule has 0 fully saturated rings. The largest absolute Gasteiger partial charge is 0.611 e. The number of nitrogens with two attached hydrogens (primary N) is 1. The average molecular weight is 324 g/mol. The monoisotopic (exact) mass is 324 g/mol. The molecule has 4 rings (SSSR count). The van der Waals surface area contributed by atoms with Crippen LogP contribution in [-0.2, 0) is 17.7 Å². The van der Waals surface area contributed by atoms with Gasteiger partial charge in [0.2, 0.25) is 5.95 Å². The maximum absolute atomic E-state index is 12.4. The Morgan fingerprint density at radius 2 is 1.83 bits per heavy atom. The lowest BCUT2D eigenvalue weighted by molar-refractivity contribution is 0.595. The molecule has 0 bridgehead atoms. The van der Waals surface area contributed by atoms with Crippen LogP contribution in [0.1, 0.15) is 5.56 Å². The number of nitrogens with zero attached hydrogens (tertiary/aromatic N) is 3. The van der Waals surface area contributed by atoms with Crippen LogP contribution >= 0.6 is 0 Å². The molecule has 2 aromatic carbocycles. The van der Waals surface area contributed by atoms with Gasteiger partial charge >= 0.3 is 0 Å². The van der Waals surface area contributed by atoms with Gasteiger partial charge in [0.15, 0.2) is 4.90 Å². The Morgan fingerprint density at radius 1 is 1.04 bits per heavy atom. The fourth-order valence-electron chi connectivity index (χ4n) is 2.84. The van der Waals surface area contributed by atoms with E-state index in [1.165, 1.54) is 0 Å². The van der Waals surface area contributed by atoms with E-state index in [1.807, 2.05) is 53.4 Å². The highest BCUT2D eigenvalue weighted by Gasteiger charge is 2.25. The second kappa shape index (κ2) is 5.72. The third kappa shape index (κ3) is 2.60. The number of aromatic nitrogens is 2. The summed E-state index contributed by atoms with van der Waals surface area (Å²) >= 11 is -0.988. The molecule has 6 heteroatoms. The quantitative estimate of drug-likeness (QED) is 0.695. The Bertz CT molecular complexity index is 870. The molecule has 1 aliphatic rings. The first-order valence-corrected chi connectivity index (χ1v) is 8.78. The fourth-order valence-corrected chi connectivity index (χ4v) is 4.11. The predicted octanol–water partition coefficient (Wildman–Crippen LogP) is 2.34. The molecule has 0 aliphatic carbocycles. The number of benzene rings is 2. The van der Waals surface area contributed by atoms with Gasteiger partial charge in [-0.2, -0.15) is 4.98 Å². The highest BCUT2D eigenvalue weighted by molar-refractivity contribution is 7.91. The van der Waals surface area contributed by atoms with Crippen molar-refractivity contribution in [1.82, 2.24) is 9.97 Å². The molecule has 1 unspecified atom stereocenters. The smallest absolute Gasteiger partial charge is 0.228 e. The summed E-state index contributed by atoms with van der Waals surface area (Å²) in [5, 5.41) is 0.857. The standard InChI is InChI=1S/C17H16N4OS/c18-16-13-6-2-3-7-14(13)19-17(20-16)21-9-10-23(22)15-8-4-1-5-12(15)11-21/h1-8H,9-11H2,(H2,18,19,20). The van der Waals surface area contributed by atoms with Gasteiger partial charge in [0.25, 0.3) is 0 Å². The zero-order valence-corrected chi connectivity index (χ0v) is 13.3. The average Bonchev–Trinajstić information content (AvgIpc) is 2.75. The van der Waals surface area contributed by atoms with E-state index in [-0.39, 0.29) is 0 Å². The molecule has 1 atom stereocenters. The zero-order valence-electron chi connectivity index (χ0n) is 12.5.